The molecule has 0 aliphatic rings. The largest absolute Gasteiger partial charge is 0.406 e. The average molecular weight is 312 g/mol. The van der Waals surface area contributed by atoms with E-state index in [1.807, 2.05) is 0 Å². The van der Waals surface area contributed by atoms with E-state index in [9.17, 15) is 13.2 Å². The van der Waals surface area contributed by atoms with Crippen molar-refractivity contribution >= 4 is 11.8 Å². The van der Waals surface area contributed by atoms with Crippen LogP contribution in [0, 0.1) is 11.8 Å². The monoisotopic (exact) mass is 312 g/mol. The summed E-state index contributed by atoms with van der Waals surface area (Å²) in [6.07, 6.45) is -1.36. The standard InChI is InChI=1S/C13H11F3N4S/c1-2-3-8-21-12-19-18-11(10-4-6-17-7-5-10)20(12)9-13(14,15)16/h4-7H,8-9H2,1H3. The molecule has 2 aromatic rings. The lowest BCUT2D eigenvalue weighted by atomic mass is 10.2. The minimum atomic E-state index is -4.35. The van der Waals surface area contributed by atoms with Crippen LogP contribution in [0.2, 0.25) is 0 Å². The minimum absolute atomic E-state index is 0.168. The highest BCUT2D eigenvalue weighted by molar-refractivity contribution is 7.99. The summed E-state index contributed by atoms with van der Waals surface area (Å²) >= 11 is 1.13. The highest BCUT2D eigenvalue weighted by atomic mass is 32.2. The fourth-order valence-electron chi connectivity index (χ4n) is 1.60. The van der Waals surface area contributed by atoms with Crippen LogP contribution in [-0.2, 0) is 6.54 Å². The Morgan fingerprint density at radius 1 is 1.24 bits per heavy atom. The number of alkyl halides is 3. The van der Waals surface area contributed by atoms with Gasteiger partial charge in [-0.05, 0) is 19.1 Å². The maximum Gasteiger partial charge on any atom is 0.406 e. The third-order valence-electron chi connectivity index (χ3n) is 2.44. The molecule has 0 aromatic carbocycles. The van der Waals surface area contributed by atoms with E-state index in [1.165, 1.54) is 12.4 Å². The zero-order valence-corrected chi connectivity index (χ0v) is 11.9. The summed E-state index contributed by atoms with van der Waals surface area (Å²) in [5.74, 6) is 5.99. The van der Waals surface area contributed by atoms with E-state index < -0.39 is 12.7 Å². The Kier molecular flexibility index (Phi) is 4.85. The zero-order chi connectivity index (χ0) is 15.3. The van der Waals surface area contributed by atoms with Crippen molar-refractivity contribution in [1.29, 1.82) is 0 Å². The Hall–Kier alpha value is -2.01. The SMILES string of the molecule is CC#CCSc1nnc(-c2ccncc2)n1CC(F)(F)F. The van der Waals surface area contributed by atoms with Crippen molar-refractivity contribution in [2.24, 2.45) is 0 Å². The first-order valence-corrected chi connectivity index (χ1v) is 6.92. The molecule has 0 saturated carbocycles. The van der Waals surface area contributed by atoms with Crippen LogP contribution in [0.15, 0.2) is 29.7 Å². The molecule has 0 saturated heterocycles. The van der Waals surface area contributed by atoms with E-state index in [2.05, 4.69) is 27.0 Å². The molecule has 0 amide bonds. The molecule has 0 aliphatic carbocycles. The third kappa shape index (κ3) is 4.23. The number of halogens is 3. The van der Waals surface area contributed by atoms with Crippen LogP contribution in [0.1, 0.15) is 6.92 Å². The van der Waals surface area contributed by atoms with Gasteiger partial charge in [0.2, 0.25) is 0 Å². The predicted molar refractivity (Wildman–Crippen MR) is 73.5 cm³/mol. The van der Waals surface area contributed by atoms with Gasteiger partial charge in [0.25, 0.3) is 0 Å². The van der Waals surface area contributed by atoms with Crippen LogP contribution in [0.25, 0.3) is 11.4 Å². The van der Waals surface area contributed by atoms with Gasteiger partial charge in [0, 0.05) is 18.0 Å². The number of thioether (sulfide) groups is 1. The van der Waals surface area contributed by atoms with Gasteiger partial charge in [0.1, 0.15) is 6.54 Å². The first-order chi connectivity index (χ1) is 10.0. The Bertz CT molecular complexity index is 656. The number of rotatable bonds is 4. The Balaban J connectivity index is 2.38. The Labute approximate surface area is 123 Å². The minimum Gasteiger partial charge on any atom is -0.293 e. The number of nitrogens with zero attached hydrogens (tertiary/aromatic N) is 4. The van der Waals surface area contributed by atoms with Crippen molar-refractivity contribution in [3.63, 3.8) is 0 Å². The van der Waals surface area contributed by atoms with E-state index in [0.717, 1.165) is 16.3 Å². The van der Waals surface area contributed by atoms with Crippen molar-refractivity contribution in [3.05, 3.63) is 24.5 Å². The van der Waals surface area contributed by atoms with Crippen LogP contribution in [0.4, 0.5) is 13.2 Å². The number of aromatic nitrogens is 4. The van der Waals surface area contributed by atoms with Gasteiger partial charge in [-0.15, -0.1) is 16.1 Å². The normalized spacial score (nSPS) is 11.0. The molecule has 0 aliphatic heterocycles. The van der Waals surface area contributed by atoms with Gasteiger partial charge in [-0.2, -0.15) is 13.2 Å². The van der Waals surface area contributed by atoms with E-state index in [-0.39, 0.29) is 11.0 Å². The first kappa shape index (κ1) is 15.4. The van der Waals surface area contributed by atoms with Crippen LogP contribution in [0.3, 0.4) is 0 Å². The quantitative estimate of drug-likeness (QED) is 0.643. The molecule has 2 rings (SSSR count). The van der Waals surface area contributed by atoms with Gasteiger partial charge >= 0.3 is 6.18 Å². The molecule has 0 radical (unpaired) electrons. The molecule has 21 heavy (non-hydrogen) atoms. The van der Waals surface area contributed by atoms with E-state index in [1.54, 1.807) is 19.1 Å². The van der Waals surface area contributed by atoms with Crippen molar-refractivity contribution < 1.29 is 13.2 Å². The lowest BCUT2D eigenvalue weighted by molar-refractivity contribution is -0.141. The van der Waals surface area contributed by atoms with Gasteiger partial charge < -0.3 is 0 Å². The van der Waals surface area contributed by atoms with Crippen molar-refractivity contribution in [2.45, 2.75) is 24.8 Å². The van der Waals surface area contributed by atoms with E-state index >= 15 is 0 Å². The average Bonchev–Trinajstić information content (AvgIpc) is 2.81. The summed E-state index contributed by atoms with van der Waals surface area (Å²) in [5, 5.41) is 7.90. The number of hydrogen-bond donors (Lipinski definition) is 0. The molecular weight excluding hydrogens is 301 g/mol. The molecule has 8 heteroatoms. The Morgan fingerprint density at radius 3 is 2.57 bits per heavy atom. The van der Waals surface area contributed by atoms with Crippen LogP contribution >= 0.6 is 11.8 Å². The van der Waals surface area contributed by atoms with E-state index in [4.69, 9.17) is 0 Å². The molecule has 0 unspecified atom stereocenters. The lowest BCUT2D eigenvalue weighted by Crippen LogP contribution is -2.19. The highest BCUT2D eigenvalue weighted by Crippen LogP contribution is 2.27. The van der Waals surface area contributed by atoms with Crippen molar-refractivity contribution in [2.75, 3.05) is 5.75 Å². The molecule has 2 aromatic heterocycles. The highest BCUT2D eigenvalue weighted by Gasteiger charge is 2.31. The molecule has 4 nitrogen and oxygen atoms in total. The first-order valence-electron chi connectivity index (χ1n) is 5.94. The maximum absolute atomic E-state index is 12.8. The van der Waals surface area contributed by atoms with Gasteiger partial charge in [0.15, 0.2) is 11.0 Å². The molecular formula is C13H11F3N4S. The number of hydrogen-bond acceptors (Lipinski definition) is 4. The summed E-state index contributed by atoms with van der Waals surface area (Å²) in [7, 11) is 0. The summed E-state index contributed by atoms with van der Waals surface area (Å²) < 4.78 is 39.3. The summed E-state index contributed by atoms with van der Waals surface area (Å²) in [6.45, 7) is 0.531. The van der Waals surface area contributed by atoms with Crippen molar-refractivity contribution in [1.82, 2.24) is 19.7 Å². The van der Waals surface area contributed by atoms with Gasteiger partial charge in [-0.3, -0.25) is 9.55 Å². The van der Waals surface area contributed by atoms with Gasteiger partial charge in [-0.1, -0.05) is 17.7 Å². The third-order valence-corrected chi connectivity index (χ3v) is 3.29. The second-order valence-corrected chi connectivity index (χ2v) is 4.90. The Morgan fingerprint density at radius 2 is 1.95 bits per heavy atom. The fourth-order valence-corrected chi connectivity index (χ4v) is 2.36. The van der Waals surface area contributed by atoms with Crippen LogP contribution in [0.5, 0.6) is 0 Å². The second kappa shape index (κ2) is 6.63. The summed E-state index contributed by atoms with van der Waals surface area (Å²) in [5.41, 5.74) is 0.537. The summed E-state index contributed by atoms with van der Waals surface area (Å²) in [6, 6.07) is 3.19. The second-order valence-electron chi connectivity index (χ2n) is 3.96. The zero-order valence-electron chi connectivity index (χ0n) is 11.1. The van der Waals surface area contributed by atoms with Gasteiger partial charge in [0.05, 0.1) is 5.75 Å². The predicted octanol–water partition coefficient (Wildman–Crippen LogP) is 3.02. The number of pyridine rings is 1. The smallest absolute Gasteiger partial charge is 0.293 e. The van der Waals surface area contributed by atoms with E-state index in [0.29, 0.717) is 11.3 Å². The molecule has 2 heterocycles. The topological polar surface area (TPSA) is 43.6 Å². The van der Waals surface area contributed by atoms with Crippen LogP contribution in [-0.4, -0.2) is 31.7 Å². The van der Waals surface area contributed by atoms with Gasteiger partial charge in [-0.25, -0.2) is 0 Å². The fraction of sp³-hybridized carbons (Fsp3) is 0.308. The molecule has 0 bridgehead atoms. The lowest BCUT2D eigenvalue weighted by Gasteiger charge is -2.12. The van der Waals surface area contributed by atoms with Crippen molar-refractivity contribution in [3.8, 4) is 23.2 Å². The molecule has 0 spiro atoms. The molecule has 0 fully saturated rings. The summed E-state index contributed by atoms with van der Waals surface area (Å²) in [4.78, 5) is 3.84. The maximum atomic E-state index is 12.8. The molecule has 0 N–H and O–H groups in total. The molecule has 110 valence electrons. The molecule has 0 atom stereocenters. The van der Waals surface area contributed by atoms with Crippen LogP contribution < -0.4 is 0 Å².